The third-order valence-electron chi connectivity index (χ3n) is 8.05. The first kappa shape index (κ1) is 30.3. The van der Waals surface area contributed by atoms with Crippen LogP contribution in [0, 0.1) is 0 Å². The molecular weight excluding hydrogens is 608 g/mol. The third-order valence-corrected chi connectivity index (χ3v) is 8.05. The van der Waals surface area contributed by atoms with E-state index in [1.165, 1.54) is 6.92 Å². The first-order valence-electron chi connectivity index (χ1n) is 15.3. The Morgan fingerprint density at radius 3 is 2.64 bits per heavy atom. The van der Waals surface area contributed by atoms with Crippen LogP contribution in [-0.4, -0.2) is 86.7 Å². The van der Waals surface area contributed by atoms with Gasteiger partial charge in [0.05, 0.1) is 42.5 Å². The van der Waals surface area contributed by atoms with Crippen LogP contribution in [0.1, 0.15) is 36.2 Å². The third kappa shape index (κ3) is 6.24. The molecule has 2 aromatic heterocycles. The summed E-state index contributed by atoms with van der Waals surface area (Å²) in [6, 6.07) is 21.3. The van der Waals surface area contributed by atoms with Crippen molar-refractivity contribution in [2.24, 2.45) is 0 Å². The van der Waals surface area contributed by atoms with Crippen molar-refractivity contribution in [1.82, 2.24) is 30.2 Å². The molecule has 5 aromatic rings. The number of carbonyl (C=O) groups is 2. The Hall–Kier alpha value is -5.34. The summed E-state index contributed by atoms with van der Waals surface area (Å²) in [5, 5.41) is 14.5. The molecule has 7 rings (SSSR count). The van der Waals surface area contributed by atoms with Crippen LogP contribution >= 0.6 is 0 Å². The number of H-pyrrole nitrogens is 1. The number of hydrogen-bond donors (Lipinski definition) is 1. The summed E-state index contributed by atoms with van der Waals surface area (Å²) in [5.74, 6) is -0.191. The minimum Gasteiger partial charge on any atom is -0.465 e. The van der Waals surface area contributed by atoms with Gasteiger partial charge in [-0.25, -0.2) is 9.59 Å². The number of rotatable bonds is 10. The second kappa shape index (κ2) is 13.2. The second-order valence-electron chi connectivity index (χ2n) is 11.1. The maximum Gasteiger partial charge on any atom is 0.511 e. The van der Waals surface area contributed by atoms with E-state index in [1.807, 2.05) is 60.0 Å². The molecule has 2 aliphatic heterocycles. The topological polar surface area (TPSA) is 162 Å². The van der Waals surface area contributed by atoms with E-state index in [1.54, 1.807) is 18.2 Å². The van der Waals surface area contributed by atoms with E-state index in [0.29, 0.717) is 42.6 Å². The van der Waals surface area contributed by atoms with E-state index in [-0.39, 0.29) is 24.4 Å². The Labute approximate surface area is 268 Å². The molecule has 2 aliphatic rings. The largest absolute Gasteiger partial charge is 0.511 e. The molecular formula is C33H32N6O8. The predicted octanol–water partition coefficient (Wildman–Crippen LogP) is 4.54. The molecule has 0 amide bonds. The molecule has 1 N–H and O–H groups in total. The van der Waals surface area contributed by atoms with Crippen molar-refractivity contribution in [3.63, 3.8) is 0 Å². The number of aromatic amines is 1. The molecule has 0 saturated carbocycles. The Morgan fingerprint density at radius 1 is 1.02 bits per heavy atom. The molecule has 2 saturated heterocycles. The first-order chi connectivity index (χ1) is 23.0. The molecule has 14 nitrogen and oxygen atoms in total. The van der Waals surface area contributed by atoms with Gasteiger partial charge in [0.1, 0.15) is 6.10 Å². The van der Waals surface area contributed by atoms with Gasteiger partial charge in [0.25, 0.3) is 6.01 Å². The van der Waals surface area contributed by atoms with Crippen molar-refractivity contribution in [2.75, 3.05) is 19.8 Å². The zero-order valence-electron chi connectivity index (χ0n) is 25.7. The maximum atomic E-state index is 13.5. The van der Waals surface area contributed by atoms with Crippen LogP contribution in [0.2, 0.25) is 0 Å². The number of fused-ring (bicyclic) bond motifs is 2. The molecule has 242 valence electrons. The monoisotopic (exact) mass is 640 g/mol. The molecule has 1 unspecified atom stereocenters. The molecule has 47 heavy (non-hydrogen) atoms. The van der Waals surface area contributed by atoms with Gasteiger partial charge < -0.3 is 28.4 Å². The zero-order valence-corrected chi connectivity index (χ0v) is 25.7. The van der Waals surface area contributed by atoms with Gasteiger partial charge in [-0.15, -0.1) is 10.2 Å². The van der Waals surface area contributed by atoms with Crippen LogP contribution in [0.3, 0.4) is 0 Å². The maximum absolute atomic E-state index is 13.5. The average molecular weight is 641 g/mol. The number of ether oxygens (including phenoxy) is 6. The number of nitrogens with zero attached hydrogens (tertiary/aromatic N) is 5. The van der Waals surface area contributed by atoms with Gasteiger partial charge in [-0.2, -0.15) is 10.2 Å². The smallest absolute Gasteiger partial charge is 0.465 e. The van der Waals surface area contributed by atoms with Crippen molar-refractivity contribution in [1.29, 1.82) is 0 Å². The van der Waals surface area contributed by atoms with Crippen molar-refractivity contribution >= 4 is 23.2 Å². The Morgan fingerprint density at radius 2 is 1.85 bits per heavy atom. The van der Waals surface area contributed by atoms with Gasteiger partial charge in [0, 0.05) is 19.1 Å². The molecule has 0 bridgehead atoms. The highest BCUT2D eigenvalue weighted by molar-refractivity contribution is 6.02. The lowest BCUT2D eigenvalue weighted by Gasteiger charge is -2.19. The number of benzene rings is 3. The summed E-state index contributed by atoms with van der Waals surface area (Å²) < 4.78 is 35.1. The van der Waals surface area contributed by atoms with E-state index < -0.39 is 24.5 Å². The van der Waals surface area contributed by atoms with Crippen molar-refractivity contribution < 1.29 is 38.0 Å². The van der Waals surface area contributed by atoms with Crippen LogP contribution in [0.5, 0.6) is 6.01 Å². The molecule has 14 heteroatoms. The Kier molecular flexibility index (Phi) is 8.50. The van der Waals surface area contributed by atoms with Gasteiger partial charge in [-0.1, -0.05) is 54.6 Å². The van der Waals surface area contributed by atoms with E-state index in [9.17, 15) is 9.59 Å². The number of tetrazole rings is 1. The molecule has 0 aliphatic carbocycles. The Balaban J connectivity index is 1.09. The van der Waals surface area contributed by atoms with Crippen molar-refractivity contribution in [3.05, 3.63) is 77.9 Å². The summed E-state index contributed by atoms with van der Waals surface area (Å²) in [7, 11) is 0. The van der Waals surface area contributed by atoms with E-state index >= 15 is 0 Å². The predicted molar refractivity (Wildman–Crippen MR) is 165 cm³/mol. The van der Waals surface area contributed by atoms with Gasteiger partial charge in [0.2, 0.25) is 12.1 Å². The first-order valence-corrected chi connectivity index (χ1v) is 15.3. The van der Waals surface area contributed by atoms with Gasteiger partial charge in [0.15, 0.2) is 6.10 Å². The van der Waals surface area contributed by atoms with Crippen molar-refractivity contribution in [3.8, 4) is 28.5 Å². The lowest BCUT2D eigenvalue weighted by atomic mass is 9.98. The van der Waals surface area contributed by atoms with Gasteiger partial charge >= 0.3 is 12.1 Å². The fourth-order valence-corrected chi connectivity index (χ4v) is 5.95. The molecule has 4 heterocycles. The number of esters is 1. The SMILES string of the molecule is CCOc1nc2cccc(C(=O)OC(C)OC(=O)O[C@H]3CO[C@@H]4CCO[C@H]34)c2n1Cc1ccc(-c2ccccc2-c2nn[nH]n2)cc1. The van der Waals surface area contributed by atoms with E-state index in [4.69, 9.17) is 28.4 Å². The van der Waals surface area contributed by atoms with E-state index in [0.717, 1.165) is 28.7 Å². The number of nitrogens with one attached hydrogen (secondary N) is 1. The number of hydrogen-bond acceptors (Lipinski definition) is 12. The van der Waals surface area contributed by atoms with Crippen LogP contribution in [0.15, 0.2) is 66.7 Å². The molecule has 4 atom stereocenters. The van der Waals surface area contributed by atoms with Gasteiger partial charge in [-0.3, -0.25) is 4.57 Å². The summed E-state index contributed by atoms with van der Waals surface area (Å²) >= 11 is 0. The fraction of sp³-hybridized carbons (Fsp3) is 0.333. The number of para-hydroxylation sites is 1. The van der Waals surface area contributed by atoms with Crippen LogP contribution in [-0.2, 0) is 30.2 Å². The van der Waals surface area contributed by atoms with E-state index in [2.05, 4.69) is 25.6 Å². The fourth-order valence-electron chi connectivity index (χ4n) is 5.95. The van der Waals surface area contributed by atoms with Crippen LogP contribution < -0.4 is 4.74 Å². The summed E-state index contributed by atoms with van der Waals surface area (Å²) in [5.41, 5.74) is 5.04. The molecule has 2 fully saturated rings. The highest BCUT2D eigenvalue weighted by atomic mass is 16.8. The molecule has 3 aromatic carbocycles. The average Bonchev–Trinajstić information content (AvgIpc) is 3.89. The number of aromatic nitrogens is 6. The zero-order chi connectivity index (χ0) is 32.3. The lowest BCUT2D eigenvalue weighted by molar-refractivity contribution is -0.0981. The quantitative estimate of drug-likeness (QED) is 0.168. The number of carbonyl (C=O) groups excluding carboxylic acids is 2. The lowest BCUT2D eigenvalue weighted by Crippen LogP contribution is -2.33. The van der Waals surface area contributed by atoms with Crippen LogP contribution in [0.25, 0.3) is 33.5 Å². The van der Waals surface area contributed by atoms with Gasteiger partial charge in [-0.05, 0) is 47.4 Å². The minimum absolute atomic E-state index is 0.0904. The second-order valence-corrected chi connectivity index (χ2v) is 11.1. The molecule has 0 radical (unpaired) electrons. The highest BCUT2D eigenvalue weighted by Crippen LogP contribution is 2.32. The summed E-state index contributed by atoms with van der Waals surface area (Å²) in [6.45, 7) is 4.82. The minimum atomic E-state index is -1.22. The standard InChI is InChI=1S/C33H32N6O8/c1-3-42-32-34-25-10-6-9-24(31(40)45-19(2)46-33(41)47-27-18-44-26-15-16-43-29(26)27)28(25)39(32)17-20-11-13-21(14-12-20)22-7-4-5-8-23(22)30-35-37-38-36-30/h4-14,19,26-27,29H,3,15-18H2,1-2H3,(H,35,36,37,38)/t19?,26-,27+,29+/m1/s1. The summed E-state index contributed by atoms with van der Waals surface area (Å²) in [4.78, 5) is 30.6. The van der Waals surface area contributed by atoms with Crippen LogP contribution in [0.4, 0.5) is 4.79 Å². The molecule has 0 spiro atoms. The Bertz CT molecular complexity index is 1880. The normalized spacial score (nSPS) is 19.3. The summed E-state index contributed by atoms with van der Waals surface area (Å²) in [6.07, 6.45) is -2.43. The van der Waals surface area contributed by atoms with Crippen molar-refractivity contribution in [2.45, 2.75) is 51.4 Å². The highest BCUT2D eigenvalue weighted by Gasteiger charge is 2.44. The number of imidazole rings is 1.